The lowest BCUT2D eigenvalue weighted by Gasteiger charge is -2.21. The Morgan fingerprint density at radius 3 is 2.74 bits per heavy atom. The van der Waals surface area contributed by atoms with Gasteiger partial charge >= 0.3 is 0 Å². The number of nitrogen functional groups attached to an aromatic ring is 1. The van der Waals surface area contributed by atoms with Crippen LogP contribution in [0.4, 0.5) is 10.1 Å². The topological polar surface area (TPSA) is 53.1 Å². The van der Waals surface area contributed by atoms with Gasteiger partial charge in [-0.3, -0.25) is 5.41 Å². The lowest BCUT2D eigenvalue weighted by atomic mass is 10.1. The first kappa shape index (κ1) is 13.8. The normalized spacial score (nSPS) is 10.5. The molecule has 100 valence electrons. The molecule has 0 aliphatic heterocycles. The molecule has 0 spiro atoms. The zero-order chi connectivity index (χ0) is 14.0. The van der Waals surface area contributed by atoms with Crippen molar-refractivity contribution in [1.29, 1.82) is 5.41 Å². The second kappa shape index (κ2) is 5.59. The van der Waals surface area contributed by atoms with E-state index in [1.165, 1.54) is 17.4 Å². The Morgan fingerprint density at radius 2 is 2.16 bits per heavy atom. The van der Waals surface area contributed by atoms with Gasteiger partial charge in [0.15, 0.2) is 0 Å². The van der Waals surface area contributed by atoms with E-state index in [-0.39, 0.29) is 11.4 Å². The standard InChI is InChI=1S/C13H13ClFN3S/c1-18(7-8-5-6-11(14)19-8)10-4-2-3-9(15)12(10)13(16)17/h2-6H,7H2,1H3,(H3,16,17). The van der Waals surface area contributed by atoms with Crippen LogP contribution >= 0.6 is 22.9 Å². The van der Waals surface area contributed by atoms with Crippen molar-refractivity contribution in [3.8, 4) is 0 Å². The number of nitrogens with one attached hydrogen (secondary N) is 1. The third kappa shape index (κ3) is 3.05. The van der Waals surface area contributed by atoms with E-state index in [2.05, 4.69) is 0 Å². The van der Waals surface area contributed by atoms with Crippen molar-refractivity contribution >= 4 is 34.5 Å². The van der Waals surface area contributed by atoms with Gasteiger partial charge in [0.1, 0.15) is 11.7 Å². The monoisotopic (exact) mass is 297 g/mol. The molecular formula is C13H13ClFN3S. The van der Waals surface area contributed by atoms with Crippen LogP contribution in [0.15, 0.2) is 30.3 Å². The van der Waals surface area contributed by atoms with Gasteiger partial charge in [0.05, 0.1) is 22.1 Å². The molecule has 0 bridgehead atoms. The van der Waals surface area contributed by atoms with Gasteiger partial charge in [0.25, 0.3) is 0 Å². The van der Waals surface area contributed by atoms with E-state index in [1.807, 2.05) is 24.1 Å². The summed E-state index contributed by atoms with van der Waals surface area (Å²) in [6, 6.07) is 8.41. The van der Waals surface area contributed by atoms with E-state index in [4.69, 9.17) is 22.7 Å². The van der Waals surface area contributed by atoms with Gasteiger partial charge in [-0.05, 0) is 24.3 Å². The van der Waals surface area contributed by atoms with E-state index >= 15 is 0 Å². The van der Waals surface area contributed by atoms with Crippen molar-refractivity contribution in [3.05, 3.63) is 50.9 Å². The van der Waals surface area contributed by atoms with E-state index in [0.717, 1.165) is 9.21 Å². The molecule has 0 aliphatic rings. The summed E-state index contributed by atoms with van der Waals surface area (Å²) in [7, 11) is 1.83. The van der Waals surface area contributed by atoms with Crippen LogP contribution in [0, 0.1) is 11.2 Å². The molecule has 3 N–H and O–H groups in total. The van der Waals surface area contributed by atoms with Gasteiger partial charge in [0, 0.05) is 11.9 Å². The molecule has 2 rings (SSSR count). The van der Waals surface area contributed by atoms with Gasteiger partial charge in [-0.1, -0.05) is 17.7 Å². The van der Waals surface area contributed by atoms with Crippen molar-refractivity contribution < 1.29 is 4.39 Å². The van der Waals surface area contributed by atoms with Crippen LogP contribution in [0.2, 0.25) is 4.34 Å². The quantitative estimate of drug-likeness (QED) is 0.671. The Morgan fingerprint density at radius 1 is 1.42 bits per heavy atom. The van der Waals surface area contributed by atoms with Crippen LogP contribution in [0.25, 0.3) is 0 Å². The van der Waals surface area contributed by atoms with Crippen LogP contribution < -0.4 is 10.6 Å². The molecule has 3 nitrogen and oxygen atoms in total. The highest BCUT2D eigenvalue weighted by molar-refractivity contribution is 7.16. The molecule has 2 aromatic rings. The molecule has 1 heterocycles. The number of rotatable bonds is 4. The van der Waals surface area contributed by atoms with Crippen molar-refractivity contribution in [2.24, 2.45) is 5.73 Å². The lowest BCUT2D eigenvalue weighted by Crippen LogP contribution is -2.22. The average Bonchev–Trinajstić information content (AvgIpc) is 2.73. The largest absolute Gasteiger partial charge is 0.384 e. The summed E-state index contributed by atoms with van der Waals surface area (Å²) in [4.78, 5) is 2.91. The molecule has 0 saturated heterocycles. The third-order valence-electron chi connectivity index (χ3n) is 2.69. The molecule has 19 heavy (non-hydrogen) atoms. The average molecular weight is 298 g/mol. The summed E-state index contributed by atoms with van der Waals surface area (Å²) in [6.07, 6.45) is 0. The number of halogens is 2. The summed E-state index contributed by atoms with van der Waals surface area (Å²) in [5.74, 6) is -0.759. The number of hydrogen-bond acceptors (Lipinski definition) is 3. The molecule has 6 heteroatoms. The maximum Gasteiger partial charge on any atom is 0.136 e. The molecule has 0 saturated carbocycles. The van der Waals surface area contributed by atoms with Crippen molar-refractivity contribution in [1.82, 2.24) is 0 Å². The number of hydrogen-bond donors (Lipinski definition) is 2. The number of thiophene rings is 1. The predicted octanol–water partition coefficient (Wildman–Crippen LogP) is 3.46. The molecule has 0 atom stereocenters. The minimum absolute atomic E-state index is 0.132. The third-order valence-corrected chi connectivity index (χ3v) is 3.91. The number of nitrogens with zero attached hydrogens (tertiary/aromatic N) is 1. The van der Waals surface area contributed by atoms with Crippen LogP contribution in [-0.4, -0.2) is 12.9 Å². The molecule has 1 aromatic carbocycles. The van der Waals surface area contributed by atoms with Crippen molar-refractivity contribution in [2.45, 2.75) is 6.54 Å². The van der Waals surface area contributed by atoms with Gasteiger partial charge in [-0.25, -0.2) is 4.39 Å². The number of amidine groups is 1. The lowest BCUT2D eigenvalue weighted by molar-refractivity contribution is 0.624. The second-order valence-corrected chi connectivity index (χ2v) is 5.91. The summed E-state index contributed by atoms with van der Waals surface area (Å²) in [5, 5.41) is 7.49. The molecule has 0 unspecified atom stereocenters. The number of benzene rings is 1. The molecule has 0 aliphatic carbocycles. The Hall–Kier alpha value is -1.59. The van der Waals surface area contributed by atoms with Crippen molar-refractivity contribution in [2.75, 3.05) is 11.9 Å². The molecule has 0 amide bonds. The zero-order valence-electron chi connectivity index (χ0n) is 10.3. The molecule has 0 fully saturated rings. The smallest absolute Gasteiger partial charge is 0.136 e. The molecular weight excluding hydrogens is 285 g/mol. The van der Waals surface area contributed by atoms with Gasteiger partial charge in [0.2, 0.25) is 0 Å². The maximum absolute atomic E-state index is 13.7. The summed E-state index contributed by atoms with van der Waals surface area (Å²) in [6.45, 7) is 0.584. The SMILES string of the molecule is CN(Cc1ccc(Cl)s1)c1cccc(F)c1C(=N)N. The van der Waals surface area contributed by atoms with Crippen LogP contribution in [-0.2, 0) is 6.54 Å². The van der Waals surface area contributed by atoms with Crippen LogP contribution in [0.3, 0.4) is 0 Å². The first-order chi connectivity index (χ1) is 8.99. The zero-order valence-corrected chi connectivity index (χ0v) is 11.9. The molecule has 1 aromatic heterocycles. The maximum atomic E-state index is 13.7. The van der Waals surface area contributed by atoms with Gasteiger partial charge in [-0.2, -0.15) is 0 Å². The fraction of sp³-hybridized carbons (Fsp3) is 0.154. The first-order valence-corrected chi connectivity index (χ1v) is 6.76. The van der Waals surface area contributed by atoms with Crippen LogP contribution in [0.5, 0.6) is 0 Å². The highest BCUT2D eigenvalue weighted by Gasteiger charge is 2.15. The van der Waals surface area contributed by atoms with E-state index in [1.54, 1.807) is 12.1 Å². The van der Waals surface area contributed by atoms with Crippen molar-refractivity contribution in [3.63, 3.8) is 0 Å². The Kier molecular flexibility index (Phi) is 4.07. The minimum Gasteiger partial charge on any atom is -0.384 e. The summed E-state index contributed by atoms with van der Waals surface area (Å²) >= 11 is 7.36. The summed E-state index contributed by atoms with van der Waals surface area (Å²) in [5.41, 5.74) is 6.18. The Bertz CT molecular complexity index is 612. The fourth-order valence-electron chi connectivity index (χ4n) is 1.85. The number of nitrogens with two attached hydrogens (primary N) is 1. The van der Waals surface area contributed by atoms with Gasteiger partial charge in [-0.15, -0.1) is 11.3 Å². The van der Waals surface area contributed by atoms with E-state index < -0.39 is 5.82 Å². The highest BCUT2D eigenvalue weighted by Crippen LogP contribution is 2.27. The van der Waals surface area contributed by atoms with Crippen LogP contribution in [0.1, 0.15) is 10.4 Å². The highest BCUT2D eigenvalue weighted by atomic mass is 35.5. The molecule has 0 radical (unpaired) electrons. The Balaban J connectivity index is 2.31. The fourth-order valence-corrected chi connectivity index (χ4v) is 2.99. The first-order valence-electron chi connectivity index (χ1n) is 5.57. The van der Waals surface area contributed by atoms with Gasteiger partial charge < -0.3 is 10.6 Å². The second-order valence-electron chi connectivity index (χ2n) is 4.11. The minimum atomic E-state index is -0.485. The van der Waals surface area contributed by atoms with E-state index in [0.29, 0.717) is 12.2 Å². The summed E-state index contributed by atoms with van der Waals surface area (Å²) < 4.78 is 14.5. The Labute approximate surface area is 119 Å². The predicted molar refractivity (Wildman–Crippen MR) is 78.9 cm³/mol. The van der Waals surface area contributed by atoms with E-state index in [9.17, 15) is 4.39 Å². The number of anilines is 1.